The second-order valence-electron chi connectivity index (χ2n) is 6.76. The molecule has 7 nitrogen and oxygen atoms in total. The van der Waals surface area contributed by atoms with Gasteiger partial charge in [0.05, 0.1) is 18.9 Å². The minimum absolute atomic E-state index is 0.0318. The molecule has 1 aromatic heterocycles. The third-order valence-corrected chi connectivity index (χ3v) is 4.75. The topological polar surface area (TPSA) is 75.9 Å². The van der Waals surface area contributed by atoms with Crippen LogP contribution in [0.25, 0.3) is 0 Å². The number of hydrogen-bond acceptors (Lipinski definition) is 5. The van der Waals surface area contributed by atoms with Crippen LogP contribution in [0.1, 0.15) is 54.4 Å². The SMILES string of the molecule is Cc1noc(C(C)C)c1C(=O)N1CCCC1C(=O)N1CCOCC1. The predicted octanol–water partition coefficient (Wildman–Crippen LogP) is 1.57. The largest absolute Gasteiger partial charge is 0.378 e. The van der Waals surface area contributed by atoms with Crippen LogP contribution in [0, 0.1) is 6.92 Å². The number of aromatic nitrogens is 1. The summed E-state index contributed by atoms with van der Waals surface area (Å²) in [4.78, 5) is 29.4. The highest BCUT2D eigenvalue weighted by Crippen LogP contribution is 2.28. The van der Waals surface area contributed by atoms with Gasteiger partial charge in [0.2, 0.25) is 5.91 Å². The summed E-state index contributed by atoms with van der Waals surface area (Å²) in [5.74, 6) is 0.564. The minimum atomic E-state index is -0.384. The van der Waals surface area contributed by atoms with Crippen molar-refractivity contribution in [1.82, 2.24) is 15.0 Å². The van der Waals surface area contributed by atoms with Gasteiger partial charge in [-0.2, -0.15) is 0 Å². The number of hydrogen-bond donors (Lipinski definition) is 0. The normalized spacial score (nSPS) is 21.6. The number of likely N-dealkylation sites (tertiary alicyclic amines) is 1. The van der Waals surface area contributed by atoms with Gasteiger partial charge in [-0.05, 0) is 19.8 Å². The number of nitrogens with zero attached hydrogens (tertiary/aromatic N) is 3. The van der Waals surface area contributed by atoms with Crippen molar-refractivity contribution in [2.24, 2.45) is 0 Å². The highest BCUT2D eigenvalue weighted by Gasteiger charge is 2.39. The quantitative estimate of drug-likeness (QED) is 0.838. The van der Waals surface area contributed by atoms with E-state index < -0.39 is 0 Å². The summed E-state index contributed by atoms with van der Waals surface area (Å²) < 4.78 is 10.6. The van der Waals surface area contributed by atoms with Crippen LogP contribution in [0.15, 0.2) is 4.52 Å². The Morgan fingerprint density at radius 2 is 1.92 bits per heavy atom. The van der Waals surface area contributed by atoms with Crippen molar-refractivity contribution in [3.05, 3.63) is 17.0 Å². The van der Waals surface area contributed by atoms with Crippen molar-refractivity contribution in [2.45, 2.75) is 45.6 Å². The van der Waals surface area contributed by atoms with Crippen LogP contribution in [-0.4, -0.2) is 65.7 Å². The number of aryl methyl sites for hydroxylation is 1. The molecule has 0 radical (unpaired) electrons. The van der Waals surface area contributed by atoms with Gasteiger partial charge in [-0.15, -0.1) is 0 Å². The number of morpholine rings is 1. The molecule has 3 rings (SSSR count). The number of carbonyl (C=O) groups excluding carboxylic acids is 2. The Labute approximate surface area is 141 Å². The Morgan fingerprint density at radius 1 is 1.21 bits per heavy atom. The van der Waals surface area contributed by atoms with E-state index in [9.17, 15) is 9.59 Å². The molecule has 2 amide bonds. The minimum Gasteiger partial charge on any atom is -0.378 e. The zero-order chi connectivity index (χ0) is 17.3. The van der Waals surface area contributed by atoms with Crippen LogP contribution in [0.4, 0.5) is 0 Å². The van der Waals surface area contributed by atoms with Gasteiger partial charge < -0.3 is 19.1 Å². The summed E-state index contributed by atoms with van der Waals surface area (Å²) in [6.07, 6.45) is 1.55. The first kappa shape index (κ1) is 17.0. The fourth-order valence-corrected chi connectivity index (χ4v) is 3.45. The van der Waals surface area contributed by atoms with Crippen LogP contribution >= 0.6 is 0 Å². The molecular weight excluding hydrogens is 310 g/mol. The molecule has 7 heteroatoms. The van der Waals surface area contributed by atoms with Crippen molar-refractivity contribution >= 4 is 11.8 Å². The van der Waals surface area contributed by atoms with E-state index in [1.807, 2.05) is 18.7 Å². The molecule has 0 spiro atoms. The second-order valence-corrected chi connectivity index (χ2v) is 6.76. The molecule has 2 aliphatic rings. The third kappa shape index (κ3) is 3.05. The van der Waals surface area contributed by atoms with Gasteiger partial charge >= 0.3 is 0 Å². The van der Waals surface area contributed by atoms with E-state index in [0.717, 1.165) is 6.42 Å². The summed E-state index contributed by atoms with van der Waals surface area (Å²) in [5, 5.41) is 3.96. The second kappa shape index (κ2) is 6.93. The Hall–Kier alpha value is -1.89. The summed E-state index contributed by atoms with van der Waals surface area (Å²) in [6, 6.07) is -0.384. The highest BCUT2D eigenvalue weighted by atomic mass is 16.5. The first-order valence-electron chi connectivity index (χ1n) is 8.64. The van der Waals surface area contributed by atoms with Gasteiger partial charge in [0.15, 0.2) is 5.76 Å². The molecule has 3 heterocycles. The lowest BCUT2D eigenvalue weighted by Gasteiger charge is -2.32. The summed E-state index contributed by atoms with van der Waals surface area (Å²) in [6.45, 7) is 8.64. The van der Waals surface area contributed by atoms with Crippen LogP contribution < -0.4 is 0 Å². The molecule has 2 fully saturated rings. The summed E-state index contributed by atoms with van der Waals surface area (Å²) in [5.41, 5.74) is 1.11. The standard InChI is InChI=1S/C17H25N3O4/c1-11(2)15-14(12(3)18-24-15)17(22)20-6-4-5-13(20)16(21)19-7-9-23-10-8-19/h11,13H,4-10H2,1-3H3. The molecule has 0 bridgehead atoms. The lowest BCUT2D eigenvalue weighted by Crippen LogP contribution is -2.51. The predicted molar refractivity (Wildman–Crippen MR) is 86.8 cm³/mol. The third-order valence-electron chi connectivity index (χ3n) is 4.75. The fraction of sp³-hybridized carbons (Fsp3) is 0.706. The molecule has 2 aliphatic heterocycles. The summed E-state index contributed by atoms with van der Waals surface area (Å²) in [7, 11) is 0. The van der Waals surface area contributed by atoms with Crippen LogP contribution in [-0.2, 0) is 9.53 Å². The molecule has 24 heavy (non-hydrogen) atoms. The average molecular weight is 335 g/mol. The zero-order valence-corrected chi connectivity index (χ0v) is 14.6. The van der Waals surface area contributed by atoms with Crippen molar-refractivity contribution in [3.63, 3.8) is 0 Å². The van der Waals surface area contributed by atoms with Gasteiger partial charge in [-0.25, -0.2) is 0 Å². The summed E-state index contributed by atoms with van der Waals surface area (Å²) >= 11 is 0. The maximum atomic E-state index is 13.1. The van der Waals surface area contributed by atoms with Gasteiger partial charge in [0.1, 0.15) is 11.6 Å². The van der Waals surface area contributed by atoms with E-state index in [4.69, 9.17) is 9.26 Å². The molecule has 0 N–H and O–H groups in total. The molecule has 2 saturated heterocycles. The zero-order valence-electron chi connectivity index (χ0n) is 14.6. The maximum absolute atomic E-state index is 13.1. The molecule has 1 aromatic rings. The first-order chi connectivity index (χ1) is 11.5. The Kier molecular flexibility index (Phi) is 4.89. The molecule has 0 aliphatic carbocycles. The lowest BCUT2D eigenvalue weighted by molar-refractivity contribution is -0.139. The van der Waals surface area contributed by atoms with Gasteiger partial charge in [0, 0.05) is 25.6 Å². The van der Waals surface area contributed by atoms with E-state index in [1.165, 1.54) is 0 Å². The monoisotopic (exact) mass is 335 g/mol. The number of carbonyl (C=O) groups is 2. The first-order valence-corrected chi connectivity index (χ1v) is 8.64. The number of amides is 2. The smallest absolute Gasteiger partial charge is 0.260 e. The van der Waals surface area contributed by atoms with E-state index in [-0.39, 0.29) is 23.8 Å². The molecule has 132 valence electrons. The Morgan fingerprint density at radius 3 is 2.58 bits per heavy atom. The highest BCUT2D eigenvalue weighted by molar-refractivity contribution is 5.99. The van der Waals surface area contributed by atoms with E-state index in [0.29, 0.717) is 56.3 Å². The van der Waals surface area contributed by atoms with Gasteiger partial charge in [-0.3, -0.25) is 9.59 Å². The molecular formula is C17H25N3O4. The van der Waals surface area contributed by atoms with Gasteiger partial charge in [0.25, 0.3) is 5.91 Å². The fourth-order valence-electron chi connectivity index (χ4n) is 3.45. The van der Waals surface area contributed by atoms with Gasteiger partial charge in [-0.1, -0.05) is 19.0 Å². The molecule has 1 unspecified atom stereocenters. The van der Waals surface area contributed by atoms with E-state index >= 15 is 0 Å². The Balaban J connectivity index is 1.81. The van der Waals surface area contributed by atoms with Crippen molar-refractivity contribution in [1.29, 1.82) is 0 Å². The van der Waals surface area contributed by atoms with Crippen LogP contribution in [0.5, 0.6) is 0 Å². The Bertz CT molecular complexity index is 619. The molecule has 0 saturated carbocycles. The van der Waals surface area contributed by atoms with Crippen LogP contribution in [0.3, 0.4) is 0 Å². The maximum Gasteiger partial charge on any atom is 0.260 e. The lowest BCUT2D eigenvalue weighted by atomic mass is 10.0. The van der Waals surface area contributed by atoms with Crippen molar-refractivity contribution in [3.8, 4) is 0 Å². The molecule has 1 atom stereocenters. The van der Waals surface area contributed by atoms with E-state index in [1.54, 1.807) is 11.8 Å². The molecule has 0 aromatic carbocycles. The number of rotatable bonds is 3. The van der Waals surface area contributed by atoms with Crippen molar-refractivity contribution < 1.29 is 18.8 Å². The van der Waals surface area contributed by atoms with E-state index in [2.05, 4.69) is 5.16 Å². The average Bonchev–Trinajstić information content (AvgIpc) is 3.21. The van der Waals surface area contributed by atoms with Crippen LogP contribution in [0.2, 0.25) is 0 Å². The number of ether oxygens (including phenoxy) is 1. The van der Waals surface area contributed by atoms with Crippen molar-refractivity contribution in [2.75, 3.05) is 32.8 Å².